The topological polar surface area (TPSA) is 49.7 Å². The lowest BCUT2D eigenvalue weighted by atomic mass is 10.3. The molecule has 14 heavy (non-hydrogen) atoms. The summed E-state index contributed by atoms with van der Waals surface area (Å²) in [6.07, 6.45) is 1.15. The van der Waals surface area contributed by atoms with E-state index in [1.807, 2.05) is 30.5 Å². The van der Waals surface area contributed by atoms with Gasteiger partial charge in [0.15, 0.2) is 0 Å². The van der Waals surface area contributed by atoms with Crippen molar-refractivity contribution in [1.29, 1.82) is 0 Å². The van der Waals surface area contributed by atoms with Gasteiger partial charge in [-0.05, 0) is 18.4 Å². The Kier molecular flexibility index (Phi) is 4.79. The van der Waals surface area contributed by atoms with Crippen LogP contribution in [0.25, 0.3) is 0 Å². The first-order valence-electron chi connectivity index (χ1n) is 4.32. The molecule has 0 spiro atoms. The van der Waals surface area contributed by atoms with Crippen LogP contribution in [-0.2, 0) is 0 Å². The molecule has 1 unspecified atom stereocenters. The molecule has 78 valence electrons. The van der Waals surface area contributed by atoms with Crippen LogP contribution in [0.4, 0.5) is 0 Å². The summed E-state index contributed by atoms with van der Waals surface area (Å²) in [5.74, 6) is 0.743. The number of para-hydroxylation sites is 1. The minimum absolute atomic E-state index is 0.119. The molecule has 0 aromatic heterocycles. The van der Waals surface area contributed by atoms with Crippen molar-refractivity contribution >= 4 is 11.8 Å². The van der Waals surface area contributed by atoms with Crippen LogP contribution in [0.2, 0.25) is 0 Å². The summed E-state index contributed by atoms with van der Waals surface area (Å²) in [4.78, 5) is 1.03. The summed E-state index contributed by atoms with van der Waals surface area (Å²) < 4.78 is 5.35. The van der Waals surface area contributed by atoms with Crippen LogP contribution < -0.4 is 4.74 Å². The highest BCUT2D eigenvalue weighted by Crippen LogP contribution is 2.26. The minimum Gasteiger partial charge on any atom is -0.490 e. The highest BCUT2D eigenvalue weighted by atomic mass is 32.2. The van der Waals surface area contributed by atoms with Crippen LogP contribution in [0, 0.1) is 0 Å². The molecular weight excluding hydrogens is 200 g/mol. The molecule has 0 aliphatic heterocycles. The van der Waals surface area contributed by atoms with Crippen molar-refractivity contribution in [3.63, 3.8) is 0 Å². The summed E-state index contributed by atoms with van der Waals surface area (Å²) in [5, 5.41) is 17.7. The summed E-state index contributed by atoms with van der Waals surface area (Å²) in [7, 11) is 0. The molecule has 1 aromatic rings. The molecule has 1 rings (SSSR count). The maximum absolute atomic E-state index is 9.10. The second-order valence-electron chi connectivity index (χ2n) is 2.80. The smallest absolute Gasteiger partial charge is 0.132 e. The van der Waals surface area contributed by atoms with E-state index in [0.29, 0.717) is 0 Å². The molecule has 3 nitrogen and oxygen atoms in total. The Morgan fingerprint density at radius 2 is 2.14 bits per heavy atom. The van der Waals surface area contributed by atoms with Gasteiger partial charge in [-0.25, -0.2) is 0 Å². The lowest BCUT2D eigenvalue weighted by Gasteiger charge is -2.12. The van der Waals surface area contributed by atoms with Crippen LogP contribution in [0.3, 0.4) is 0 Å². The maximum Gasteiger partial charge on any atom is 0.132 e. The van der Waals surface area contributed by atoms with E-state index in [4.69, 9.17) is 14.9 Å². The molecule has 0 saturated carbocycles. The van der Waals surface area contributed by atoms with Gasteiger partial charge in [-0.15, -0.1) is 11.8 Å². The van der Waals surface area contributed by atoms with E-state index in [9.17, 15) is 0 Å². The Morgan fingerprint density at radius 1 is 1.43 bits per heavy atom. The molecule has 1 atom stereocenters. The average Bonchev–Trinajstić information content (AvgIpc) is 2.26. The van der Waals surface area contributed by atoms with Gasteiger partial charge in [-0.1, -0.05) is 12.1 Å². The fourth-order valence-corrected chi connectivity index (χ4v) is 1.52. The molecule has 0 saturated heterocycles. The van der Waals surface area contributed by atoms with Crippen molar-refractivity contribution in [3.05, 3.63) is 24.3 Å². The van der Waals surface area contributed by atoms with Crippen molar-refractivity contribution in [2.24, 2.45) is 0 Å². The number of hydrogen-bond acceptors (Lipinski definition) is 4. The maximum atomic E-state index is 9.10. The lowest BCUT2D eigenvalue weighted by molar-refractivity contribution is 0.0527. The summed E-state index contributed by atoms with van der Waals surface area (Å²) in [6, 6.07) is 7.60. The van der Waals surface area contributed by atoms with Gasteiger partial charge in [-0.3, -0.25) is 0 Å². The van der Waals surface area contributed by atoms with Crippen molar-refractivity contribution < 1.29 is 14.9 Å². The molecule has 4 heteroatoms. The van der Waals surface area contributed by atoms with Crippen LogP contribution in [0.5, 0.6) is 5.75 Å². The Hall–Kier alpha value is -0.710. The molecule has 0 heterocycles. The zero-order chi connectivity index (χ0) is 10.4. The third-order valence-corrected chi connectivity index (χ3v) is 2.49. The second kappa shape index (κ2) is 5.90. The number of aliphatic hydroxyl groups is 2. The van der Waals surface area contributed by atoms with Gasteiger partial charge in [0.25, 0.3) is 0 Å². The van der Waals surface area contributed by atoms with Gasteiger partial charge in [0.1, 0.15) is 18.5 Å². The molecule has 0 fully saturated rings. The standard InChI is InChI=1S/C10H14O3S/c1-14-10-5-3-2-4-9(10)13-7-8(12)6-11/h2-5,8,11-12H,6-7H2,1H3. The van der Waals surface area contributed by atoms with E-state index in [2.05, 4.69) is 0 Å². The van der Waals surface area contributed by atoms with E-state index >= 15 is 0 Å². The van der Waals surface area contributed by atoms with Gasteiger partial charge in [0, 0.05) is 4.90 Å². The van der Waals surface area contributed by atoms with Gasteiger partial charge < -0.3 is 14.9 Å². The van der Waals surface area contributed by atoms with E-state index in [-0.39, 0.29) is 13.2 Å². The number of ether oxygens (including phenoxy) is 1. The van der Waals surface area contributed by atoms with Crippen molar-refractivity contribution in [2.45, 2.75) is 11.0 Å². The SMILES string of the molecule is CSc1ccccc1OCC(O)CO. The van der Waals surface area contributed by atoms with Gasteiger partial charge in [0.2, 0.25) is 0 Å². The third kappa shape index (κ3) is 3.21. The fraction of sp³-hybridized carbons (Fsp3) is 0.400. The molecule has 0 aliphatic rings. The summed E-state index contributed by atoms with van der Waals surface area (Å²) >= 11 is 1.59. The van der Waals surface area contributed by atoms with E-state index < -0.39 is 6.10 Å². The predicted molar refractivity (Wildman–Crippen MR) is 56.8 cm³/mol. The average molecular weight is 214 g/mol. The highest BCUT2D eigenvalue weighted by molar-refractivity contribution is 7.98. The van der Waals surface area contributed by atoms with Crippen LogP contribution in [0.15, 0.2) is 29.2 Å². The molecule has 1 aromatic carbocycles. The van der Waals surface area contributed by atoms with E-state index in [0.717, 1.165) is 10.6 Å². The first-order valence-corrected chi connectivity index (χ1v) is 5.55. The van der Waals surface area contributed by atoms with Crippen molar-refractivity contribution in [1.82, 2.24) is 0 Å². The number of hydrogen-bond donors (Lipinski definition) is 2. The minimum atomic E-state index is -0.815. The molecule has 0 bridgehead atoms. The number of aliphatic hydroxyl groups excluding tert-OH is 2. The molecule has 0 radical (unpaired) electrons. The van der Waals surface area contributed by atoms with E-state index in [1.54, 1.807) is 11.8 Å². The Labute approximate surface area is 87.7 Å². The second-order valence-corrected chi connectivity index (χ2v) is 3.65. The largest absolute Gasteiger partial charge is 0.490 e. The lowest BCUT2D eigenvalue weighted by Crippen LogP contribution is -2.21. The molecule has 0 aliphatic carbocycles. The number of rotatable bonds is 5. The van der Waals surface area contributed by atoms with E-state index in [1.165, 1.54) is 0 Å². The quantitative estimate of drug-likeness (QED) is 0.722. The third-order valence-electron chi connectivity index (χ3n) is 1.71. The monoisotopic (exact) mass is 214 g/mol. The normalized spacial score (nSPS) is 12.5. The Morgan fingerprint density at radius 3 is 2.79 bits per heavy atom. The van der Waals surface area contributed by atoms with Gasteiger partial charge in [0.05, 0.1) is 6.61 Å². The number of benzene rings is 1. The zero-order valence-corrected chi connectivity index (χ0v) is 8.83. The first-order chi connectivity index (χ1) is 6.77. The fourth-order valence-electron chi connectivity index (χ4n) is 0.977. The summed E-state index contributed by atoms with van der Waals surface area (Å²) in [5.41, 5.74) is 0. The predicted octanol–water partition coefficient (Wildman–Crippen LogP) is 1.14. The zero-order valence-electron chi connectivity index (χ0n) is 8.01. The Balaban J connectivity index is 2.57. The van der Waals surface area contributed by atoms with Crippen LogP contribution >= 0.6 is 11.8 Å². The van der Waals surface area contributed by atoms with Gasteiger partial charge in [-0.2, -0.15) is 0 Å². The van der Waals surface area contributed by atoms with Crippen LogP contribution in [-0.4, -0.2) is 35.8 Å². The van der Waals surface area contributed by atoms with Crippen LogP contribution in [0.1, 0.15) is 0 Å². The summed E-state index contributed by atoms with van der Waals surface area (Å²) in [6.45, 7) is -0.157. The van der Waals surface area contributed by atoms with Crippen molar-refractivity contribution in [3.8, 4) is 5.75 Å². The van der Waals surface area contributed by atoms with Gasteiger partial charge >= 0.3 is 0 Å². The molecular formula is C10H14O3S. The van der Waals surface area contributed by atoms with Crippen molar-refractivity contribution in [2.75, 3.05) is 19.5 Å². The number of thioether (sulfide) groups is 1. The Bertz CT molecular complexity index is 278. The highest BCUT2D eigenvalue weighted by Gasteiger charge is 2.05. The first kappa shape index (κ1) is 11.4. The molecule has 2 N–H and O–H groups in total. The molecule has 0 amide bonds.